The second kappa shape index (κ2) is 7.56. The van der Waals surface area contributed by atoms with Crippen LogP contribution < -0.4 is 5.46 Å². The van der Waals surface area contributed by atoms with Crippen LogP contribution in [0.2, 0.25) is 0 Å². The quantitative estimate of drug-likeness (QED) is 0.480. The van der Waals surface area contributed by atoms with Crippen molar-refractivity contribution < 1.29 is 18.8 Å². The van der Waals surface area contributed by atoms with Gasteiger partial charge in [-0.15, -0.1) is 0 Å². The van der Waals surface area contributed by atoms with Crippen LogP contribution in [0.3, 0.4) is 0 Å². The van der Waals surface area contributed by atoms with Gasteiger partial charge in [-0.25, -0.2) is 4.98 Å². The number of benzene rings is 2. The molecule has 0 unspecified atom stereocenters. The maximum absolute atomic E-state index is 11.7. The van der Waals surface area contributed by atoms with Crippen LogP contribution in [0.25, 0.3) is 16.7 Å². The summed E-state index contributed by atoms with van der Waals surface area (Å²) in [5.41, 5.74) is 3.97. The predicted molar refractivity (Wildman–Crippen MR) is 117 cm³/mol. The zero-order chi connectivity index (χ0) is 21.5. The zero-order valence-corrected chi connectivity index (χ0v) is 18.1. The van der Waals surface area contributed by atoms with E-state index in [0.29, 0.717) is 6.61 Å². The molecule has 1 fully saturated rings. The number of fused-ring (bicyclic) bond motifs is 1. The van der Waals surface area contributed by atoms with Crippen LogP contribution in [0.1, 0.15) is 40.2 Å². The van der Waals surface area contributed by atoms with E-state index in [1.165, 1.54) is 0 Å². The molecule has 0 aliphatic carbocycles. The molecule has 0 saturated carbocycles. The Morgan fingerprint density at radius 1 is 1.07 bits per heavy atom. The Bertz CT molecular complexity index is 1060. The Balaban J connectivity index is 1.57. The van der Waals surface area contributed by atoms with E-state index in [-0.39, 0.29) is 23.6 Å². The lowest BCUT2D eigenvalue weighted by Crippen LogP contribution is -2.41. The van der Waals surface area contributed by atoms with Gasteiger partial charge in [0, 0.05) is 5.69 Å². The molecule has 0 spiro atoms. The third-order valence-corrected chi connectivity index (χ3v) is 5.97. The molecule has 0 amide bonds. The topological polar surface area (TPSA) is 62.6 Å². The van der Waals surface area contributed by atoms with Crippen molar-refractivity contribution in [2.75, 3.05) is 6.61 Å². The van der Waals surface area contributed by atoms with Crippen molar-refractivity contribution in [3.8, 4) is 5.69 Å². The van der Waals surface area contributed by atoms with Gasteiger partial charge >= 0.3 is 13.1 Å². The lowest BCUT2D eigenvalue weighted by atomic mass is 9.79. The largest absolute Gasteiger partial charge is 0.494 e. The summed E-state index contributed by atoms with van der Waals surface area (Å²) in [6, 6.07) is 13.9. The number of nitrogens with zero attached hydrogens (tertiary/aromatic N) is 2. The summed E-state index contributed by atoms with van der Waals surface area (Å²) in [6.07, 6.45) is 2.08. The number of hydrogen-bond acceptors (Lipinski definition) is 5. The maximum atomic E-state index is 11.7. The number of ether oxygens (including phenoxy) is 1. The number of imidazole rings is 1. The first-order chi connectivity index (χ1) is 14.2. The molecule has 0 atom stereocenters. The minimum absolute atomic E-state index is 0.214. The van der Waals surface area contributed by atoms with Gasteiger partial charge in [-0.1, -0.05) is 18.2 Å². The van der Waals surface area contributed by atoms with Gasteiger partial charge in [-0.3, -0.25) is 9.36 Å². The lowest BCUT2D eigenvalue weighted by Gasteiger charge is -2.32. The van der Waals surface area contributed by atoms with Gasteiger partial charge in [0.15, 0.2) is 0 Å². The molecule has 2 heterocycles. The van der Waals surface area contributed by atoms with Gasteiger partial charge in [-0.05, 0) is 69.9 Å². The Morgan fingerprint density at radius 3 is 2.37 bits per heavy atom. The summed E-state index contributed by atoms with van der Waals surface area (Å²) in [4.78, 5) is 16.2. The number of carbonyl (C=O) groups is 1. The number of hydrogen-bond donors (Lipinski definition) is 0. The molecule has 30 heavy (non-hydrogen) atoms. The second-order valence-electron chi connectivity index (χ2n) is 8.60. The van der Waals surface area contributed by atoms with Crippen molar-refractivity contribution in [2.24, 2.45) is 0 Å². The lowest BCUT2D eigenvalue weighted by molar-refractivity contribution is -0.142. The van der Waals surface area contributed by atoms with Gasteiger partial charge in [0.05, 0.1) is 35.3 Å². The van der Waals surface area contributed by atoms with Crippen LogP contribution >= 0.6 is 0 Å². The van der Waals surface area contributed by atoms with E-state index in [9.17, 15) is 4.79 Å². The van der Waals surface area contributed by atoms with Gasteiger partial charge < -0.3 is 14.0 Å². The number of esters is 1. The molecule has 1 aromatic heterocycles. The molecule has 0 radical (unpaired) electrons. The normalized spacial score (nSPS) is 17.4. The van der Waals surface area contributed by atoms with Gasteiger partial charge in [0.1, 0.15) is 6.33 Å². The first-order valence-electron chi connectivity index (χ1n) is 10.3. The monoisotopic (exact) mass is 406 g/mol. The minimum Gasteiger partial charge on any atom is -0.466 e. The molecule has 4 rings (SSSR count). The standard InChI is InChI=1S/C23H27BN2O4/c1-6-28-21(27)13-16-7-10-18(11-8-16)26-15-25-19-14-17(9-12-20(19)26)24-29-22(2,3)23(4,5)30-24/h7-12,14-15H,6,13H2,1-5H3. The molecule has 0 bridgehead atoms. The maximum Gasteiger partial charge on any atom is 0.494 e. The van der Waals surface area contributed by atoms with Crippen LogP contribution in [-0.2, 0) is 25.3 Å². The molecule has 156 valence electrons. The first-order valence-corrected chi connectivity index (χ1v) is 10.3. The summed E-state index contributed by atoms with van der Waals surface area (Å²) >= 11 is 0. The van der Waals surface area contributed by atoms with Crippen molar-refractivity contribution in [2.45, 2.75) is 52.2 Å². The molecular formula is C23H27BN2O4. The van der Waals surface area contributed by atoms with Crippen LogP contribution in [0.15, 0.2) is 48.8 Å². The predicted octanol–water partition coefficient (Wildman–Crippen LogP) is 3.43. The van der Waals surface area contributed by atoms with Crippen LogP contribution in [0, 0.1) is 0 Å². The van der Waals surface area contributed by atoms with Crippen LogP contribution in [-0.4, -0.2) is 40.4 Å². The Hall–Kier alpha value is -2.64. The minimum atomic E-state index is -0.410. The van der Waals surface area contributed by atoms with E-state index >= 15 is 0 Å². The number of carbonyl (C=O) groups excluding carboxylic acids is 1. The van der Waals surface area contributed by atoms with E-state index in [1.807, 2.05) is 81.7 Å². The van der Waals surface area contributed by atoms with Crippen molar-refractivity contribution in [3.05, 3.63) is 54.4 Å². The van der Waals surface area contributed by atoms with Crippen molar-refractivity contribution in [1.29, 1.82) is 0 Å². The molecule has 0 N–H and O–H groups in total. The van der Waals surface area contributed by atoms with Gasteiger partial charge in [0.2, 0.25) is 0 Å². The fourth-order valence-electron chi connectivity index (χ4n) is 3.51. The molecular weight excluding hydrogens is 379 g/mol. The fourth-order valence-corrected chi connectivity index (χ4v) is 3.51. The molecule has 1 aliphatic rings. The molecule has 1 aliphatic heterocycles. The number of rotatable bonds is 5. The zero-order valence-electron chi connectivity index (χ0n) is 18.1. The highest BCUT2D eigenvalue weighted by atomic mass is 16.7. The molecule has 2 aromatic carbocycles. The SMILES string of the molecule is CCOC(=O)Cc1ccc(-n2cnc3cc(B4OC(C)(C)C(C)(C)O4)ccc32)cc1. The highest BCUT2D eigenvalue weighted by Gasteiger charge is 2.51. The van der Waals surface area contributed by atoms with E-state index in [1.54, 1.807) is 6.33 Å². The average Bonchev–Trinajstić information content (AvgIpc) is 3.20. The molecule has 1 saturated heterocycles. The van der Waals surface area contributed by atoms with E-state index in [2.05, 4.69) is 4.98 Å². The van der Waals surface area contributed by atoms with E-state index in [0.717, 1.165) is 27.7 Å². The van der Waals surface area contributed by atoms with Gasteiger partial charge in [-0.2, -0.15) is 0 Å². The summed E-state index contributed by atoms with van der Waals surface area (Å²) in [5, 5.41) is 0. The third-order valence-electron chi connectivity index (χ3n) is 5.97. The smallest absolute Gasteiger partial charge is 0.466 e. The van der Waals surface area contributed by atoms with Crippen molar-refractivity contribution in [3.63, 3.8) is 0 Å². The molecule has 3 aromatic rings. The molecule has 7 heteroatoms. The average molecular weight is 406 g/mol. The fraction of sp³-hybridized carbons (Fsp3) is 0.391. The Kier molecular flexibility index (Phi) is 5.20. The summed E-state index contributed by atoms with van der Waals surface area (Å²) < 4.78 is 19.4. The van der Waals surface area contributed by atoms with E-state index in [4.69, 9.17) is 14.0 Å². The van der Waals surface area contributed by atoms with Crippen LogP contribution in [0.5, 0.6) is 0 Å². The van der Waals surface area contributed by atoms with Gasteiger partial charge in [0.25, 0.3) is 0 Å². The van der Waals surface area contributed by atoms with Crippen molar-refractivity contribution in [1.82, 2.24) is 9.55 Å². The first kappa shape index (κ1) is 20.6. The third kappa shape index (κ3) is 3.75. The van der Waals surface area contributed by atoms with E-state index < -0.39 is 7.12 Å². The summed E-state index contributed by atoms with van der Waals surface area (Å²) in [7, 11) is -0.410. The highest BCUT2D eigenvalue weighted by molar-refractivity contribution is 6.62. The second-order valence-corrected chi connectivity index (χ2v) is 8.60. The molecule has 6 nitrogen and oxygen atoms in total. The Labute approximate surface area is 177 Å². The van der Waals surface area contributed by atoms with Crippen molar-refractivity contribution >= 4 is 29.6 Å². The van der Waals surface area contributed by atoms with Crippen LogP contribution in [0.4, 0.5) is 0 Å². The highest BCUT2D eigenvalue weighted by Crippen LogP contribution is 2.36. The summed E-state index contributed by atoms with van der Waals surface area (Å²) in [5.74, 6) is -0.214. The Morgan fingerprint density at radius 2 is 1.73 bits per heavy atom. The number of aromatic nitrogens is 2. The summed E-state index contributed by atoms with van der Waals surface area (Å²) in [6.45, 7) is 10.4.